The van der Waals surface area contributed by atoms with Gasteiger partial charge in [0.1, 0.15) is 22.8 Å². The summed E-state index contributed by atoms with van der Waals surface area (Å²) in [6.45, 7) is 0.503. The minimum absolute atomic E-state index is 0.0240. The molecule has 1 fully saturated rings. The van der Waals surface area contributed by atoms with E-state index >= 15 is 0 Å². The number of carboxylic acids is 1. The van der Waals surface area contributed by atoms with Crippen molar-refractivity contribution in [3.8, 4) is 5.75 Å². The van der Waals surface area contributed by atoms with Crippen LogP contribution in [-0.2, 0) is 33.9 Å². The first-order chi connectivity index (χ1) is 19.8. The third-order valence-electron chi connectivity index (χ3n) is 8.45. The molecule has 2 aromatic carbocycles. The predicted octanol–water partition coefficient (Wildman–Crippen LogP) is 1.48. The molecule has 1 amide bonds. The van der Waals surface area contributed by atoms with E-state index in [9.17, 15) is 39.6 Å². The lowest BCUT2D eigenvalue weighted by atomic mass is 9.59. The van der Waals surface area contributed by atoms with E-state index in [1.807, 2.05) is 4.90 Å². The number of hydrogen-bond acceptors (Lipinski definition) is 10. The number of carbonyl (C=O) groups is 4. The lowest BCUT2D eigenvalue weighted by Gasteiger charge is -2.46. The van der Waals surface area contributed by atoms with Crippen molar-refractivity contribution in [1.82, 2.24) is 5.32 Å². The molecule has 1 saturated carbocycles. The summed E-state index contributed by atoms with van der Waals surface area (Å²) >= 11 is 0. The molecule has 0 saturated heterocycles. The van der Waals surface area contributed by atoms with Crippen LogP contribution in [-0.4, -0.2) is 68.7 Å². The van der Waals surface area contributed by atoms with E-state index in [1.165, 1.54) is 12.1 Å². The molecular weight excluding hydrogens is 546 g/mol. The second kappa shape index (κ2) is 10.3. The van der Waals surface area contributed by atoms with Crippen molar-refractivity contribution in [3.05, 3.63) is 75.1 Å². The smallest absolute Gasteiger partial charge is 0.335 e. The second-order valence-electron chi connectivity index (χ2n) is 11.2. The zero-order valence-corrected chi connectivity index (χ0v) is 23.0. The number of aliphatic hydroxyl groups is 3. The molecule has 0 radical (unpaired) electrons. The molecule has 3 unspecified atom stereocenters. The average Bonchev–Trinajstić information content (AvgIpc) is 2.91. The molecule has 42 heavy (non-hydrogen) atoms. The van der Waals surface area contributed by atoms with Crippen LogP contribution in [0.15, 0.2) is 47.2 Å². The topological polar surface area (TPSA) is 211 Å². The van der Waals surface area contributed by atoms with E-state index in [0.717, 1.165) is 5.56 Å². The third kappa shape index (κ3) is 4.39. The van der Waals surface area contributed by atoms with Gasteiger partial charge in [0.05, 0.1) is 11.1 Å². The highest BCUT2D eigenvalue weighted by Crippen LogP contribution is 2.53. The number of phenolic OH excluding ortho intramolecular Hbond substituents is 1. The number of carboxylic acid groups (broad SMARTS) is 1. The Kier molecular flexibility index (Phi) is 7.07. The van der Waals surface area contributed by atoms with E-state index in [0.29, 0.717) is 23.4 Å². The summed E-state index contributed by atoms with van der Waals surface area (Å²) in [4.78, 5) is 51.1. The highest BCUT2D eigenvalue weighted by Gasteiger charge is 2.60. The van der Waals surface area contributed by atoms with Crippen molar-refractivity contribution in [2.75, 3.05) is 19.0 Å². The normalized spacial score (nSPS) is 23.3. The number of benzene rings is 2. The van der Waals surface area contributed by atoms with Crippen LogP contribution in [0.3, 0.4) is 0 Å². The molecule has 2 aromatic rings. The fourth-order valence-corrected chi connectivity index (χ4v) is 6.36. The first-order valence-electron chi connectivity index (χ1n) is 13.3. The highest BCUT2D eigenvalue weighted by atomic mass is 16.4. The van der Waals surface area contributed by atoms with Crippen molar-refractivity contribution in [2.45, 2.75) is 38.0 Å². The zero-order chi connectivity index (χ0) is 30.7. The van der Waals surface area contributed by atoms with E-state index in [2.05, 4.69) is 5.32 Å². The molecular formula is C30H31N3O9. The first-order valence-corrected chi connectivity index (χ1v) is 13.3. The summed E-state index contributed by atoms with van der Waals surface area (Å²) in [6.07, 6.45) is -0.114. The maximum atomic E-state index is 13.8. The number of rotatable bonds is 7. The number of nitrogens with zero attached hydrogens (tertiary/aromatic N) is 1. The maximum Gasteiger partial charge on any atom is 0.335 e. The summed E-state index contributed by atoms with van der Waals surface area (Å²) in [5.41, 5.74) is 4.25. The van der Waals surface area contributed by atoms with Gasteiger partial charge in [0.2, 0.25) is 5.78 Å². The lowest BCUT2D eigenvalue weighted by Crippen LogP contribution is -2.58. The summed E-state index contributed by atoms with van der Waals surface area (Å²) in [7, 11) is 3.59. The fourth-order valence-electron chi connectivity index (χ4n) is 6.36. The van der Waals surface area contributed by atoms with Crippen LogP contribution >= 0.6 is 0 Å². The minimum atomic E-state index is -2.62. The number of phenols is 1. The summed E-state index contributed by atoms with van der Waals surface area (Å²) in [5.74, 6) is -7.70. The monoisotopic (exact) mass is 577 g/mol. The number of anilines is 1. The van der Waals surface area contributed by atoms with Gasteiger partial charge in [0, 0.05) is 56.3 Å². The Morgan fingerprint density at radius 3 is 2.33 bits per heavy atom. The first kappa shape index (κ1) is 28.8. The molecule has 0 heterocycles. The van der Waals surface area contributed by atoms with Gasteiger partial charge in [-0.3, -0.25) is 14.4 Å². The van der Waals surface area contributed by atoms with Crippen LogP contribution in [0.25, 0.3) is 5.76 Å². The second-order valence-corrected chi connectivity index (χ2v) is 11.2. The summed E-state index contributed by atoms with van der Waals surface area (Å²) < 4.78 is 0. The van der Waals surface area contributed by atoms with Gasteiger partial charge in [-0.05, 0) is 48.1 Å². The number of nitrogens with one attached hydrogen (secondary N) is 1. The van der Waals surface area contributed by atoms with E-state index in [1.54, 1.807) is 32.3 Å². The number of aliphatic hydroxyl groups excluding tert-OH is 2. The van der Waals surface area contributed by atoms with Crippen molar-refractivity contribution in [2.24, 2.45) is 17.6 Å². The van der Waals surface area contributed by atoms with Crippen LogP contribution < -0.4 is 16.0 Å². The number of fused-ring (bicyclic) bond motifs is 3. The van der Waals surface area contributed by atoms with Gasteiger partial charge in [-0.2, -0.15) is 0 Å². The molecule has 0 spiro atoms. The summed E-state index contributed by atoms with van der Waals surface area (Å²) in [6, 6.07) is 8.09. The summed E-state index contributed by atoms with van der Waals surface area (Å²) in [5, 5.41) is 57.2. The molecule has 0 bridgehead atoms. The van der Waals surface area contributed by atoms with Gasteiger partial charge in [-0.25, -0.2) is 4.79 Å². The number of carbonyl (C=O) groups excluding carboxylic acids is 3. The third-order valence-corrected chi connectivity index (χ3v) is 8.45. The quantitative estimate of drug-likeness (QED) is 0.234. The van der Waals surface area contributed by atoms with E-state index in [-0.39, 0.29) is 48.3 Å². The largest absolute Gasteiger partial charge is 0.508 e. The van der Waals surface area contributed by atoms with Gasteiger partial charge in [0.25, 0.3) is 5.91 Å². The van der Waals surface area contributed by atoms with Crippen LogP contribution in [0.2, 0.25) is 0 Å². The number of ketones is 2. The van der Waals surface area contributed by atoms with Crippen molar-refractivity contribution in [3.63, 3.8) is 0 Å². The molecule has 0 aromatic heterocycles. The number of amides is 1. The Morgan fingerprint density at radius 1 is 1.07 bits per heavy atom. The Balaban J connectivity index is 1.53. The maximum absolute atomic E-state index is 13.8. The lowest BCUT2D eigenvalue weighted by molar-refractivity contribution is -0.147. The number of Topliss-reactive ketones (excluding diaryl/α,β-unsaturated/α-hetero) is 2. The molecule has 5 rings (SSSR count). The zero-order valence-electron chi connectivity index (χ0n) is 23.0. The number of aromatic hydroxyl groups is 1. The minimum Gasteiger partial charge on any atom is -0.508 e. The highest BCUT2D eigenvalue weighted by molar-refractivity contribution is 6.22. The van der Waals surface area contributed by atoms with Gasteiger partial charge in [-0.15, -0.1) is 0 Å². The van der Waals surface area contributed by atoms with Gasteiger partial charge in [-0.1, -0.05) is 12.1 Å². The van der Waals surface area contributed by atoms with Gasteiger partial charge < -0.3 is 41.5 Å². The number of hydrogen-bond donors (Lipinski definition) is 7. The van der Waals surface area contributed by atoms with Gasteiger partial charge in [0.15, 0.2) is 11.4 Å². The van der Waals surface area contributed by atoms with Crippen LogP contribution in [0.1, 0.15) is 45.5 Å². The van der Waals surface area contributed by atoms with E-state index in [4.69, 9.17) is 10.8 Å². The molecule has 8 N–H and O–H groups in total. The molecule has 220 valence electrons. The van der Waals surface area contributed by atoms with E-state index < -0.39 is 58.0 Å². The predicted molar refractivity (Wildman–Crippen MR) is 150 cm³/mol. The average molecular weight is 578 g/mol. The van der Waals surface area contributed by atoms with Crippen molar-refractivity contribution >= 4 is 34.9 Å². The number of nitrogens with two attached hydrogens (primary N) is 1. The molecule has 0 aliphatic heterocycles. The Labute approximate surface area is 240 Å². The molecule has 12 heteroatoms. The van der Waals surface area contributed by atoms with Crippen LogP contribution in [0.5, 0.6) is 5.75 Å². The Bertz CT molecular complexity index is 1610. The molecule has 3 aliphatic rings. The number of aromatic carboxylic acids is 1. The Morgan fingerprint density at radius 2 is 1.74 bits per heavy atom. The van der Waals surface area contributed by atoms with Crippen molar-refractivity contribution < 1.29 is 44.7 Å². The van der Waals surface area contributed by atoms with Gasteiger partial charge >= 0.3 is 5.97 Å². The van der Waals surface area contributed by atoms with Crippen LogP contribution in [0.4, 0.5) is 5.69 Å². The molecule has 3 atom stereocenters. The SMILES string of the molecule is CN(C)c1cc(CNCc2ccc(C(=O)O)cc2)c(O)c2c1CC1CC3CC(=O)C(C(N)=O)=C(O)C3(O)C(=O)C1=C2O. The van der Waals surface area contributed by atoms with Crippen LogP contribution in [0, 0.1) is 11.8 Å². The fraction of sp³-hybridized carbons (Fsp3) is 0.333. The Hall–Kier alpha value is -4.68. The molecule has 3 aliphatic carbocycles. The standard InChI is InChI=1S/C30H31N3O9/c1-33(2)19-9-16(12-32-11-13-3-5-14(6-4-13)29(40)41)24(35)22-18(19)8-15-7-17-10-20(34)23(28(31)39)27(38)30(17,42)26(37)21(15)25(22)36/h3-6,9,15,17,32,35-36,38,42H,7-8,10-12H2,1-2H3,(H2,31,39)(H,40,41). The van der Waals surface area contributed by atoms with Crippen molar-refractivity contribution in [1.29, 1.82) is 0 Å². The number of primary amides is 1. The molecule has 12 nitrogen and oxygen atoms in total.